The molecule has 0 aliphatic rings. The van der Waals surface area contributed by atoms with Crippen LogP contribution in [-0.4, -0.2) is 31.0 Å². The van der Waals surface area contributed by atoms with E-state index in [1.54, 1.807) is 33.1 Å². The minimum atomic E-state index is -0.449. The summed E-state index contributed by atoms with van der Waals surface area (Å²) in [6, 6.07) is 3.30. The summed E-state index contributed by atoms with van der Waals surface area (Å²) >= 11 is 3.22. The molecule has 0 aliphatic heterocycles. The summed E-state index contributed by atoms with van der Waals surface area (Å²) in [5.41, 5.74) is 0.813. The van der Waals surface area contributed by atoms with Gasteiger partial charge in [-0.05, 0) is 53.9 Å². The fourth-order valence-electron chi connectivity index (χ4n) is 1.53. The molecule has 1 aromatic carbocycles. The maximum Gasteiger partial charge on any atom is 0.407 e. The SMILES string of the molecule is COc1cc(Br)c(O)cc1CCNC(=O)OC(C)C. The highest BCUT2D eigenvalue weighted by Gasteiger charge is 2.09. The number of phenols is 1. The zero-order chi connectivity index (χ0) is 14.4. The monoisotopic (exact) mass is 331 g/mol. The van der Waals surface area contributed by atoms with Crippen molar-refractivity contribution in [1.82, 2.24) is 5.32 Å². The highest BCUT2D eigenvalue weighted by Crippen LogP contribution is 2.31. The smallest absolute Gasteiger partial charge is 0.407 e. The number of methoxy groups -OCH3 is 1. The van der Waals surface area contributed by atoms with E-state index in [4.69, 9.17) is 9.47 Å². The lowest BCUT2D eigenvalue weighted by Gasteiger charge is -2.12. The van der Waals surface area contributed by atoms with E-state index in [9.17, 15) is 9.90 Å². The first kappa shape index (κ1) is 15.6. The normalized spacial score (nSPS) is 10.4. The van der Waals surface area contributed by atoms with Gasteiger partial charge in [0.15, 0.2) is 0 Å². The Balaban J connectivity index is 2.58. The molecule has 0 heterocycles. The molecule has 1 aromatic rings. The number of carbonyl (C=O) groups is 1. The van der Waals surface area contributed by atoms with Gasteiger partial charge in [-0.15, -0.1) is 0 Å². The summed E-state index contributed by atoms with van der Waals surface area (Å²) in [5, 5.41) is 12.3. The van der Waals surface area contributed by atoms with Crippen LogP contribution in [-0.2, 0) is 11.2 Å². The average molecular weight is 332 g/mol. The zero-order valence-corrected chi connectivity index (χ0v) is 12.8. The number of alkyl carbamates (subject to hydrolysis) is 1. The third kappa shape index (κ3) is 4.98. The van der Waals surface area contributed by atoms with Crippen LogP contribution in [0.1, 0.15) is 19.4 Å². The van der Waals surface area contributed by atoms with Crippen molar-refractivity contribution in [2.75, 3.05) is 13.7 Å². The Hall–Kier alpha value is -1.43. The largest absolute Gasteiger partial charge is 0.507 e. The number of benzene rings is 1. The van der Waals surface area contributed by atoms with Crippen LogP contribution in [0.5, 0.6) is 11.5 Å². The molecule has 6 heteroatoms. The lowest BCUT2D eigenvalue weighted by molar-refractivity contribution is 0.116. The number of halogens is 1. The van der Waals surface area contributed by atoms with Gasteiger partial charge >= 0.3 is 6.09 Å². The van der Waals surface area contributed by atoms with E-state index in [1.165, 1.54) is 0 Å². The van der Waals surface area contributed by atoms with Gasteiger partial charge in [0.25, 0.3) is 0 Å². The predicted molar refractivity (Wildman–Crippen MR) is 75.7 cm³/mol. The van der Waals surface area contributed by atoms with E-state index < -0.39 is 6.09 Å². The molecule has 2 N–H and O–H groups in total. The minimum absolute atomic E-state index is 0.139. The molecule has 0 bridgehead atoms. The number of aromatic hydroxyl groups is 1. The van der Waals surface area contributed by atoms with Gasteiger partial charge in [0.1, 0.15) is 11.5 Å². The molecule has 0 saturated carbocycles. The third-order valence-corrected chi connectivity index (χ3v) is 2.99. The molecule has 0 saturated heterocycles. The van der Waals surface area contributed by atoms with Crippen molar-refractivity contribution in [1.29, 1.82) is 0 Å². The molecular formula is C13H18BrNO4. The molecule has 19 heavy (non-hydrogen) atoms. The Morgan fingerprint density at radius 2 is 2.16 bits per heavy atom. The molecule has 0 aliphatic carbocycles. The van der Waals surface area contributed by atoms with Crippen molar-refractivity contribution in [2.24, 2.45) is 0 Å². The van der Waals surface area contributed by atoms with Crippen molar-refractivity contribution < 1.29 is 19.4 Å². The van der Waals surface area contributed by atoms with Crippen LogP contribution in [0.4, 0.5) is 4.79 Å². The molecular weight excluding hydrogens is 314 g/mol. The van der Waals surface area contributed by atoms with E-state index in [1.807, 2.05) is 0 Å². The van der Waals surface area contributed by atoms with Crippen LogP contribution in [0.15, 0.2) is 16.6 Å². The van der Waals surface area contributed by atoms with Crippen LogP contribution < -0.4 is 10.1 Å². The van der Waals surface area contributed by atoms with Gasteiger partial charge in [0.05, 0.1) is 17.7 Å². The molecule has 0 radical (unpaired) electrons. The topological polar surface area (TPSA) is 67.8 Å². The summed E-state index contributed by atoms with van der Waals surface area (Å²) in [7, 11) is 1.56. The second-order valence-electron chi connectivity index (χ2n) is 4.25. The number of hydrogen-bond acceptors (Lipinski definition) is 4. The number of ether oxygens (including phenoxy) is 2. The lowest BCUT2D eigenvalue weighted by Crippen LogP contribution is -2.28. The highest BCUT2D eigenvalue weighted by molar-refractivity contribution is 9.10. The quantitative estimate of drug-likeness (QED) is 0.870. The van der Waals surface area contributed by atoms with Crippen molar-refractivity contribution in [3.05, 3.63) is 22.2 Å². The number of rotatable bonds is 5. The molecule has 0 spiro atoms. The fourth-order valence-corrected chi connectivity index (χ4v) is 1.85. The number of hydrogen-bond donors (Lipinski definition) is 2. The second-order valence-corrected chi connectivity index (χ2v) is 5.10. The second kappa shape index (κ2) is 7.23. The first-order valence-electron chi connectivity index (χ1n) is 5.94. The molecule has 1 rings (SSSR count). The van der Waals surface area contributed by atoms with Crippen molar-refractivity contribution in [2.45, 2.75) is 26.4 Å². The zero-order valence-electron chi connectivity index (χ0n) is 11.2. The molecule has 0 unspecified atom stereocenters. The summed E-state index contributed by atoms with van der Waals surface area (Å²) in [4.78, 5) is 11.3. The lowest BCUT2D eigenvalue weighted by atomic mass is 10.1. The molecule has 0 fully saturated rings. The average Bonchev–Trinajstić information content (AvgIpc) is 2.32. The Morgan fingerprint density at radius 1 is 1.47 bits per heavy atom. The fraction of sp³-hybridized carbons (Fsp3) is 0.462. The molecule has 0 atom stereocenters. The Morgan fingerprint density at radius 3 is 2.74 bits per heavy atom. The minimum Gasteiger partial charge on any atom is -0.507 e. The molecule has 5 nitrogen and oxygen atoms in total. The van der Waals surface area contributed by atoms with Gasteiger partial charge in [0, 0.05) is 6.54 Å². The van der Waals surface area contributed by atoms with E-state index in [-0.39, 0.29) is 11.9 Å². The van der Waals surface area contributed by atoms with Gasteiger partial charge in [-0.25, -0.2) is 4.79 Å². The van der Waals surface area contributed by atoms with E-state index in [0.29, 0.717) is 23.2 Å². The van der Waals surface area contributed by atoms with E-state index in [0.717, 1.165) is 5.56 Å². The van der Waals surface area contributed by atoms with Gasteiger partial charge in [-0.2, -0.15) is 0 Å². The number of nitrogens with one attached hydrogen (secondary N) is 1. The van der Waals surface area contributed by atoms with Crippen LogP contribution in [0, 0.1) is 0 Å². The highest BCUT2D eigenvalue weighted by atomic mass is 79.9. The Kier molecular flexibility index (Phi) is 5.95. The van der Waals surface area contributed by atoms with Crippen molar-refractivity contribution in [3.63, 3.8) is 0 Å². The first-order valence-corrected chi connectivity index (χ1v) is 6.73. The van der Waals surface area contributed by atoms with Gasteiger partial charge in [-0.3, -0.25) is 0 Å². The predicted octanol–water partition coefficient (Wildman–Crippen LogP) is 2.84. The van der Waals surface area contributed by atoms with Crippen LogP contribution in [0.2, 0.25) is 0 Å². The van der Waals surface area contributed by atoms with Gasteiger partial charge < -0.3 is 19.9 Å². The van der Waals surface area contributed by atoms with Crippen LogP contribution >= 0.6 is 15.9 Å². The summed E-state index contributed by atoms with van der Waals surface area (Å²) in [6.45, 7) is 3.98. The summed E-state index contributed by atoms with van der Waals surface area (Å²) < 4.78 is 10.7. The number of phenolic OH excluding ortho intramolecular Hbond substituents is 1. The van der Waals surface area contributed by atoms with Crippen LogP contribution in [0.3, 0.4) is 0 Å². The molecule has 0 aromatic heterocycles. The maximum absolute atomic E-state index is 11.3. The first-order chi connectivity index (χ1) is 8.93. The van der Waals surface area contributed by atoms with E-state index >= 15 is 0 Å². The molecule has 106 valence electrons. The summed E-state index contributed by atoms with van der Waals surface area (Å²) in [5.74, 6) is 0.796. The van der Waals surface area contributed by atoms with Gasteiger partial charge in [-0.1, -0.05) is 0 Å². The number of amides is 1. The van der Waals surface area contributed by atoms with Crippen molar-refractivity contribution >= 4 is 22.0 Å². The third-order valence-electron chi connectivity index (χ3n) is 2.36. The summed E-state index contributed by atoms with van der Waals surface area (Å²) in [6.07, 6.45) is -0.0569. The van der Waals surface area contributed by atoms with Crippen LogP contribution in [0.25, 0.3) is 0 Å². The number of carbonyl (C=O) groups excluding carboxylic acids is 1. The van der Waals surface area contributed by atoms with Gasteiger partial charge in [0.2, 0.25) is 0 Å². The Bertz CT molecular complexity index is 449. The Labute approximate surface area is 121 Å². The van der Waals surface area contributed by atoms with Crippen molar-refractivity contribution in [3.8, 4) is 11.5 Å². The standard InChI is InChI=1S/C13H18BrNO4/c1-8(2)19-13(17)15-5-4-9-6-11(16)10(14)7-12(9)18-3/h6-8,16H,4-5H2,1-3H3,(H,15,17). The molecule has 1 amide bonds. The maximum atomic E-state index is 11.3. The van der Waals surface area contributed by atoms with E-state index in [2.05, 4.69) is 21.2 Å².